The molecule has 3 heterocycles. The summed E-state index contributed by atoms with van der Waals surface area (Å²) in [6, 6.07) is 13.4. The van der Waals surface area contributed by atoms with Crippen LogP contribution in [0.4, 0.5) is 0 Å². The monoisotopic (exact) mass is 498 g/mol. The van der Waals surface area contributed by atoms with E-state index in [1.807, 2.05) is 50.2 Å². The Bertz CT molecular complexity index is 1520. The number of aryl methyl sites for hydroxylation is 1. The number of nitrogens with zero attached hydrogens (tertiary/aromatic N) is 3. The maximum absolute atomic E-state index is 13.3. The van der Waals surface area contributed by atoms with Crippen molar-refractivity contribution < 1.29 is 19.4 Å². The predicted molar refractivity (Wildman–Crippen MR) is 140 cm³/mol. The van der Waals surface area contributed by atoms with Gasteiger partial charge in [0.15, 0.2) is 5.75 Å². The predicted octanol–water partition coefficient (Wildman–Crippen LogP) is 4.47. The third-order valence-corrected chi connectivity index (χ3v) is 7.70. The first-order valence-electron chi connectivity index (χ1n) is 12.9. The van der Waals surface area contributed by atoms with Gasteiger partial charge in [0, 0.05) is 36.5 Å². The Morgan fingerprint density at radius 1 is 1.14 bits per heavy atom. The van der Waals surface area contributed by atoms with Gasteiger partial charge in [-0.1, -0.05) is 12.1 Å². The van der Waals surface area contributed by atoms with E-state index in [0.717, 1.165) is 29.2 Å². The highest BCUT2D eigenvalue weighted by molar-refractivity contribution is 6.07. The molecule has 2 amide bonds. The van der Waals surface area contributed by atoms with Crippen molar-refractivity contribution in [1.82, 2.24) is 19.8 Å². The average Bonchev–Trinajstić information content (AvgIpc) is 3.39. The molecule has 2 N–H and O–H groups in total. The Hall–Kier alpha value is -3.91. The zero-order valence-corrected chi connectivity index (χ0v) is 21.0. The van der Waals surface area contributed by atoms with Gasteiger partial charge in [-0.05, 0) is 80.1 Å². The first kappa shape index (κ1) is 23.5. The lowest BCUT2D eigenvalue weighted by atomic mass is 9.92. The molecule has 8 nitrogen and oxygen atoms in total. The molecule has 37 heavy (non-hydrogen) atoms. The topological polar surface area (TPSA) is 96.2 Å². The minimum atomic E-state index is -0.494. The second kappa shape index (κ2) is 9.19. The van der Waals surface area contributed by atoms with Crippen LogP contribution in [-0.4, -0.2) is 56.2 Å². The zero-order chi connectivity index (χ0) is 25.7. The van der Waals surface area contributed by atoms with E-state index in [1.54, 1.807) is 27.9 Å². The van der Waals surface area contributed by atoms with Gasteiger partial charge in [0.05, 0.1) is 17.9 Å². The lowest BCUT2D eigenvalue weighted by Gasteiger charge is -2.26. The lowest BCUT2D eigenvalue weighted by molar-refractivity contribution is 0.0725. The van der Waals surface area contributed by atoms with Gasteiger partial charge in [0.25, 0.3) is 11.8 Å². The number of hydrogen-bond acceptors (Lipinski definition) is 5. The van der Waals surface area contributed by atoms with Crippen molar-refractivity contribution in [2.75, 3.05) is 6.54 Å². The van der Waals surface area contributed by atoms with Crippen LogP contribution in [0.25, 0.3) is 16.3 Å². The van der Waals surface area contributed by atoms with Crippen LogP contribution in [0.15, 0.2) is 54.9 Å². The molecule has 1 aliphatic carbocycles. The maximum atomic E-state index is 13.3. The van der Waals surface area contributed by atoms with Gasteiger partial charge < -0.3 is 20.1 Å². The quantitative estimate of drug-likeness (QED) is 0.423. The standard InChI is InChI=1S/C29H30N4O4/c1-17-13-21(34)15-32(17)29(36)25-16-33-27(18(25)2)26(11-12-30-33)37-22-9-10-23-19(14-22)5-3-8-24(23)28(35)31-20-6-4-7-20/h3,5,8-12,14,16-17,20-21,34H,4,6-7,13,15H2,1-2H3,(H,31,35)/t17-,21+/m1/s1. The summed E-state index contributed by atoms with van der Waals surface area (Å²) in [5.74, 6) is 1.05. The highest BCUT2D eigenvalue weighted by Gasteiger charge is 2.33. The van der Waals surface area contributed by atoms with Gasteiger partial charge >= 0.3 is 0 Å². The Kier molecular flexibility index (Phi) is 5.83. The van der Waals surface area contributed by atoms with Crippen LogP contribution in [0.2, 0.25) is 0 Å². The largest absolute Gasteiger partial charge is 0.455 e. The molecule has 2 aromatic carbocycles. The molecular formula is C29H30N4O4. The fourth-order valence-electron chi connectivity index (χ4n) is 5.43. The second-order valence-corrected chi connectivity index (χ2v) is 10.2. The van der Waals surface area contributed by atoms with E-state index < -0.39 is 6.10 Å². The van der Waals surface area contributed by atoms with Gasteiger partial charge in [0.2, 0.25) is 0 Å². The molecule has 1 saturated heterocycles. The minimum absolute atomic E-state index is 0.0214. The number of carbonyl (C=O) groups is 2. The Balaban J connectivity index is 1.30. The van der Waals surface area contributed by atoms with Crippen molar-refractivity contribution in [3.63, 3.8) is 0 Å². The number of rotatable bonds is 5. The number of benzene rings is 2. The van der Waals surface area contributed by atoms with E-state index in [2.05, 4.69) is 10.4 Å². The SMILES string of the molecule is Cc1c(C(=O)N2C[C@@H](O)C[C@H]2C)cn2nccc(Oc3ccc4c(C(=O)NC5CCC5)cccc4c3)c12. The molecule has 0 bridgehead atoms. The van der Waals surface area contributed by atoms with E-state index in [4.69, 9.17) is 4.74 Å². The Labute approximate surface area is 214 Å². The normalized spacial score (nSPS) is 19.8. The Morgan fingerprint density at radius 2 is 1.97 bits per heavy atom. The molecule has 2 aliphatic rings. The second-order valence-electron chi connectivity index (χ2n) is 10.2. The van der Waals surface area contributed by atoms with E-state index in [-0.39, 0.29) is 23.9 Å². The highest BCUT2D eigenvalue weighted by atomic mass is 16.5. The molecule has 1 aliphatic heterocycles. The average molecular weight is 499 g/mol. The first-order valence-corrected chi connectivity index (χ1v) is 12.9. The summed E-state index contributed by atoms with van der Waals surface area (Å²) in [7, 11) is 0. The smallest absolute Gasteiger partial charge is 0.256 e. The fourth-order valence-corrected chi connectivity index (χ4v) is 5.43. The summed E-state index contributed by atoms with van der Waals surface area (Å²) in [5.41, 5.74) is 2.70. The molecule has 2 fully saturated rings. The molecule has 2 aromatic heterocycles. The number of carbonyl (C=O) groups excluding carboxylic acids is 2. The number of β-amino-alcohol motifs (C(OH)–C–C–N with tert-alkyl or cyclic N) is 1. The number of nitrogens with one attached hydrogen (secondary N) is 1. The van der Waals surface area contributed by atoms with Crippen molar-refractivity contribution in [3.8, 4) is 11.5 Å². The van der Waals surface area contributed by atoms with Crippen LogP contribution >= 0.6 is 0 Å². The molecule has 190 valence electrons. The van der Waals surface area contributed by atoms with E-state index in [9.17, 15) is 14.7 Å². The van der Waals surface area contributed by atoms with Crippen molar-refractivity contribution in [3.05, 3.63) is 71.5 Å². The molecular weight excluding hydrogens is 468 g/mol. The molecule has 8 heteroatoms. The van der Waals surface area contributed by atoms with Gasteiger partial charge in [-0.25, -0.2) is 4.52 Å². The molecule has 0 radical (unpaired) electrons. The summed E-state index contributed by atoms with van der Waals surface area (Å²) in [5, 5.41) is 19.3. The van der Waals surface area contributed by atoms with Gasteiger partial charge in [-0.15, -0.1) is 0 Å². The van der Waals surface area contributed by atoms with Crippen molar-refractivity contribution in [2.45, 2.75) is 57.7 Å². The summed E-state index contributed by atoms with van der Waals surface area (Å²) in [6.45, 7) is 4.18. The number of aliphatic hydroxyl groups excluding tert-OH is 1. The molecule has 2 atom stereocenters. The number of aromatic nitrogens is 2. The van der Waals surface area contributed by atoms with Crippen LogP contribution < -0.4 is 10.1 Å². The summed E-state index contributed by atoms with van der Waals surface area (Å²) in [6.07, 6.45) is 6.71. The number of likely N-dealkylation sites (tertiary alicyclic amines) is 1. The number of amides is 2. The third-order valence-electron chi connectivity index (χ3n) is 7.70. The van der Waals surface area contributed by atoms with Gasteiger partial charge in [-0.3, -0.25) is 9.59 Å². The summed E-state index contributed by atoms with van der Waals surface area (Å²) in [4.78, 5) is 27.8. The zero-order valence-electron chi connectivity index (χ0n) is 21.0. The molecule has 0 spiro atoms. The number of hydrogen-bond donors (Lipinski definition) is 2. The first-order chi connectivity index (χ1) is 17.9. The molecule has 4 aromatic rings. The van der Waals surface area contributed by atoms with E-state index in [0.29, 0.717) is 41.1 Å². The molecule has 6 rings (SSSR count). The number of ether oxygens (including phenoxy) is 1. The van der Waals surface area contributed by atoms with Crippen LogP contribution in [0, 0.1) is 6.92 Å². The van der Waals surface area contributed by atoms with E-state index >= 15 is 0 Å². The van der Waals surface area contributed by atoms with Crippen LogP contribution in [0.3, 0.4) is 0 Å². The van der Waals surface area contributed by atoms with Crippen LogP contribution in [-0.2, 0) is 0 Å². The van der Waals surface area contributed by atoms with Crippen LogP contribution in [0.1, 0.15) is 58.9 Å². The molecule has 1 saturated carbocycles. The summed E-state index contributed by atoms with van der Waals surface area (Å²) >= 11 is 0. The number of aliphatic hydroxyl groups is 1. The summed E-state index contributed by atoms with van der Waals surface area (Å²) < 4.78 is 7.97. The fraction of sp³-hybridized carbons (Fsp3) is 0.345. The van der Waals surface area contributed by atoms with Crippen molar-refractivity contribution in [1.29, 1.82) is 0 Å². The lowest BCUT2D eigenvalue weighted by Crippen LogP contribution is -2.39. The van der Waals surface area contributed by atoms with Gasteiger partial charge in [-0.2, -0.15) is 5.10 Å². The highest BCUT2D eigenvalue weighted by Crippen LogP contribution is 2.33. The number of fused-ring (bicyclic) bond motifs is 2. The van der Waals surface area contributed by atoms with Crippen LogP contribution in [0.5, 0.6) is 11.5 Å². The van der Waals surface area contributed by atoms with Crippen molar-refractivity contribution >= 4 is 28.1 Å². The minimum Gasteiger partial charge on any atom is -0.455 e. The van der Waals surface area contributed by atoms with E-state index in [1.165, 1.54) is 6.42 Å². The Morgan fingerprint density at radius 3 is 2.70 bits per heavy atom. The van der Waals surface area contributed by atoms with Crippen molar-refractivity contribution in [2.24, 2.45) is 0 Å². The molecule has 0 unspecified atom stereocenters. The van der Waals surface area contributed by atoms with Gasteiger partial charge in [0.1, 0.15) is 11.3 Å². The third kappa shape index (κ3) is 4.21. The maximum Gasteiger partial charge on any atom is 0.256 e.